The minimum Gasteiger partial charge on any atom is -0.476 e. The van der Waals surface area contributed by atoms with E-state index in [0.717, 1.165) is 22.3 Å². The van der Waals surface area contributed by atoms with Crippen molar-refractivity contribution in [3.63, 3.8) is 0 Å². The Hall–Kier alpha value is -4.18. The van der Waals surface area contributed by atoms with Crippen molar-refractivity contribution in [2.75, 3.05) is 18.5 Å². The van der Waals surface area contributed by atoms with Crippen LogP contribution in [0.4, 0.5) is 10.5 Å². The maximum absolute atomic E-state index is 12.8. The molecule has 0 saturated carbocycles. The molecule has 1 aliphatic carbocycles. The zero-order chi connectivity index (χ0) is 24.5. The number of rotatable bonds is 6. The molecule has 35 heavy (non-hydrogen) atoms. The molecule has 0 spiro atoms. The van der Waals surface area contributed by atoms with E-state index < -0.39 is 30.1 Å². The van der Waals surface area contributed by atoms with Gasteiger partial charge in [0.15, 0.2) is 11.8 Å². The van der Waals surface area contributed by atoms with Gasteiger partial charge < -0.3 is 25.2 Å². The summed E-state index contributed by atoms with van der Waals surface area (Å²) in [6.07, 6.45) is 0.177. The highest BCUT2D eigenvalue weighted by Gasteiger charge is 2.37. The number of fused-ring (bicyclic) bond motifs is 3. The maximum Gasteiger partial charge on any atom is 0.407 e. The fourth-order valence-corrected chi connectivity index (χ4v) is 4.73. The Balaban J connectivity index is 1.22. The van der Waals surface area contributed by atoms with E-state index >= 15 is 0 Å². The Morgan fingerprint density at radius 3 is 2.43 bits per heavy atom. The molecule has 2 atom stereocenters. The van der Waals surface area contributed by atoms with Crippen LogP contribution in [0.25, 0.3) is 11.1 Å². The first-order valence-electron chi connectivity index (χ1n) is 11.2. The van der Waals surface area contributed by atoms with E-state index in [0.29, 0.717) is 6.42 Å². The summed E-state index contributed by atoms with van der Waals surface area (Å²) in [6, 6.07) is 15.5. The lowest BCUT2D eigenvalue weighted by Crippen LogP contribution is -2.46. The summed E-state index contributed by atoms with van der Waals surface area (Å²) >= 11 is 0. The van der Waals surface area contributed by atoms with E-state index in [1.54, 1.807) is 7.05 Å². The molecule has 2 heterocycles. The second-order valence-electron chi connectivity index (χ2n) is 8.52. The van der Waals surface area contributed by atoms with Gasteiger partial charge in [-0.2, -0.15) is 5.10 Å². The Morgan fingerprint density at radius 2 is 1.77 bits per heavy atom. The van der Waals surface area contributed by atoms with Crippen LogP contribution in [-0.2, 0) is 21.3 Å². The molecule has 2 amide bonds. The molecule has 3 N–H and O–H groups in total. The summed E-state index contributed by atoms with van der Waals surface area (Å²) in [5, 5.41) is 18.4. The summed E-state index contributed by atoms with van der Waals surface area (Å²) in [7, 11) is 1.55. The number of aryl methyl sites for hydroxylation is 1. The van der Waals surface area contributed by atoms with Crippen molar-refractivity contribution in [1.82, 2.24) is 15.1 Å². The van der Waals surface area contributed by atoms with Crippen molar-refractivity contribution in [3.8, 4) is 11.1 Å². The van der Waals surface area contributed by atoms with Gasteiger partial charge in [0, 0.05) is 25.8 Å². The van der Waals surface area contributed by atoms with Crippen molar-refractivity contribution in [2.45, 2.75) is 24.5 Å². The number of carboxylic acid groups (broad SMARTS) is 1. The summed E-state index contributed by atoms with van der Waals surface area (Å²) < 4.78 is 12.4. The highest BCUT2D eigenvalue weighted by Crippen LogP contribution is 2.44. The van der Waals surface area contributed by atoms with Crippen molar-refractivity contribution >= 4 is 23.7 Å². The molecular weight excluding hydrogens is 452 g/mol. The van der Waals surface area contributed by atoms with Crippen LogP contribution in [0, 0.1) is 0 Å². The molecule has 10 nitrogen and oxygen atoms in total. The molecule has 3 aromatic rings. The second-order valence-corrected chi connectivity index (χ2v) is 8.52. The Kier molecular flexibility index (Phi) is 5.96. The number of nitrogens with zero attached hydrogens (tertiary/aromatic N) is 2. The van der Waals surface area contributed by atoms with E-state index in [2.05, 4.69) is 27.9 Å². The van der Waals surface area contributed by atoms with Gasteiger partial charge in [-0.05, 0) is 28.7 Å². The first-order valence-corrected chi connectivity index (χ1v) is 11.2. The largest absolute Gasteiger partial charge is 0.476 e. The van der Waals surface area contributed by atoms with Crippen molar-refractivity contribution in [3.05, 3.63) is 71.5 Å². The quantitative estimate of drug-likeness (QED) is 0.498. The summed E-state index contributed by atoms with van der Waals surface area (Å²) in [5.41, 5.74) is 4.26. The molecule has 10 heteroatoms. The van der Waals surface area contributed by atoms with E-state index in [9.17, 15) is 19.5 Å². The molecule has 1 saturated heterocycles. The number of anilines is 1. The molecule has 2 aromatic carbocycles. The second kappa shape index (κ2) is 9.22. The van der Waals surface area contributed by atoms with Crippen LogP contribution in [0.1, 0.15) is 34.0 Å². The normalized spacial score (nSPS) is 18.5. The maximum atomic E-state index is 12.8. The Bertz CT molecular complexity index is 1260. The number of hydrogen-bond donors (Lipinski definition) is 3. The average molecular weight is 476 g/mol. The van der Waals surface area contributed by atoms with E-state index in [4.69, 9.17) is 9.47 Å². The van der Waals surface area contributed by atoms with E-state index in [1.807, 2.05) is 36.4 Å². The van der Waals surface area contributed by atoms with Gasteiger partial charge in [-0.15, -0.1) is 0 Å². The van der Waals surface area contributed by atoms with Crippen LogP contribution < -0.4 is 10.6 Å². The number of carbonyl (C=O) groups excluding carboxylic acids is 2. The lowest BCUT2D eigenvalue weighted by atomic mass is 9.98. The van der Waals surface area contributed by atoms with Crippen LogP contribution in [0.2, 0.25) is 0 Å². The first-order chi connectivity index (χ1) is 16.9. The predicted molar refractivity (Wildman–Crippen MR) is 125 cm³/mol. The van der Waals surface area contributed by atoms with Gasteiger partial charge in [0.2, 0.25) is 0 Å². The molecule has 5 rings (SSSR count). The number of carboxylic acids is 1. The van der Waals surface area contributed by atoms with Crippen LogP contribution in [0.3, 0.4) is 0 Å². The van der Waals surface area contributed by atoms with Gasteiger partial charge in [0.05, 0.1) is 11.7 Å². The van der Waals surface area contributed by atoms with E-state index in [-0.39, 0.29) is 30.5 Å². The number of nitrogens with one attached hydrogen (secondary N) is 2. The molecule has 1 fully saturated rings. The Morgan fingerprint density at radius 1 is 1.11 bits per heavy atom. The molecule has 180 valence electrons. The molecule has 1 aromatic heterocycles. The van der Waals surface area contributed by atoms with Crippen LogP contribution in [-0.4, -0.2) is 58.2 Å². The molecular formula is C25H24N4O6. The summed E-state index contributed by atoms with van der Waals surface area (Å²) in [4.78, 5) is 36.8. The summed E-state index contributed by atoms with van der Waals surface area (Å²) in [6.45, 7) is 0.424. The van der Waals surface area contributed by atoms with Crippen molar-refractivity contribution in [2.24, 2.45) is 7.05 Å². The fraction of sp³-hybridized carbons (Fsp3) is 0.280. The lowest BCUT2D eigenvalue weighted by Gasteiger charge is -2.20. The zero-order valence-corrected chi connectivity index (χ0v) is 18.9. The molecule has 2 aliphatic rings. The number of amides is 2. The standard InChI is InChI=1S/C25H24N4O6/c1-29-12-20(21(28-29)24(31)32)26-23(30)22-19(10-11-34-22)27-25(33)35-13-18-16-8-4-2-6-14(16)15-7-3-5-9-17(15)18/h2-9,12,18-19,22H,10-11,13H2,1H3,(H,26,30)(H,27,33)(H,31,32). The van der Waals surface area contributed by atoms with Gasteiger partial charge in [-0.25, -0.2) is 9.59 Å². The van der Waals surface area contributed by atoms with Crippen LogP contribution >= 0.6 is 0 Å². The smallest absolute Gasteiger partial charge is 0.407 e. The number of ether oxygens (including phenoxy) is 2. The zero-order valence-electron chi connectivity index (χ0n) is 18.9. The third kappa shape index (κ3) is 4.35. The van der Waals surface area contributed by atoms with Gasteiger partial charge in [-0.1, -0.05) is 48.5 Å². The third-order valence-corrected chi connectivity index (χ3v) is 6.29. The Labute approximate surface area is 200 Å². The molecule has 2 unspecified atom stereocenters. The SMILES string of the molecule is Cn1cc(NC(=O)C2OCCC2NC(=O)OCC2c3ccccc3-c3ccccc32)c(C(=O)O)n1. The minimum absolute atomic E-state index is 0.0559. The van der Waals surface area contributed by atoms with Crippen LogP contribution in [0.15, 0.2) is 54.7 Å². The third-order valence-electron chi connectivity index (χ3n) is 6.29. The first kappa shape index (κ1) is 22.6. The van der Waals surface area contributed by atoms with Gasteiger partial charge in [0.1, 0.15) is 6.61 Å². The predicted octanol–water partition coefficient (Wildman–Crippen LogP) is 2.75. The molecule has 1 aliphatic heterocycles. The van der Waals surface area contributed by atoms with Crippen molar-refractivity contribution < 1.29 is 29.0 Å². The highest BCUT2D eigenvalue weighted by molar-refractivity contribution is 6.01. The fourth-order valence-electron chi connectivity index (χ4n) is 4.73. The molecule has 0 bridgehead atoms. The topological polar surface area (TPSA) is 132 Å². The van der Waals surface area contributed by atoms with Crippen molar-refractivity contribution in [1.29, 1.82) is 0 Å². The average Bonchev–Trinajstić information content (AvgIpc) is 3.53. The monoisotopic (exact) mass is 476 g/mol. The lowest BCUT2D eigenvalue weighted by molar-refractivity contribution is -0.125. The van der Waals surface area contributed by atoms with Gasteiger partial charge in [0.25, 0.3) is 5.91 Å². The number of carbonyl (C=O) groups is 3. The van der Waals surface area contributed by atoms with Crippen LogP contribution in [0.5, 0.6) is 0 Å². The number of aromatic nitrogens is 2. The van der Waals surface area contributed by atoms with E-state index in [1.165, 1.54) is 10.9 Å². The van der Waals surface area contributed by atoms with Gasteiger partial charge in [-0.3, -0.25) is 9.48 Å². The number of alkyl carbamates (subject to hydrolysis) is 1. The highest BCUT2D eigenvalue weighted by atomic mass is 16.6. The minimum atomic E-state index is -1.26. The summed E-state index contributed by atoms with van der Waals surface area (Å²) in [5.74, 6) is -1.91. The molecule has 0 radical (unpaired) electrons. The number of hydrogen-bond acceptors (Lipinski definition) is 6. The number of benzene rings is 2. The van der Waals surface area contributed by atoms with Gasteiger partial charge >= 0.3 is 12.1 Å². The number of aromatic carboxylic acids is 1.